The average molecular weight is 384 g/mol. The molecule has 0 unspecified atom stereocenters. The van der Waals surface area contributed by atoms with Crippen LogP contribution in [0.4, 0.5) is 0 Å². The Morgan fingerprint density at radius 3 is 2.42 bits per heavy atom. The van der Waals surface area contributed by atoms with Crippen molar-refractivity contribution in [3.8, 4) is 5.75 Å². The summed E-state index contributed by atoms with van der Waals surface area (Å²) in [4.78, 5) is 15.0. The van der Waals surface area contributed by atoms with E-state index in [2.05, 4.69) is 27.7 Å². The number of nitrogens with zero attached hydrogens (tertiary/aromatic N) is 1. The van der Waals surface area contributed by atoms with E-state index >= 15 is 0 Å². The van der Waals surface area contributed by atoms with Gasteiger partial charge in [0.25, 0.3) is 0 Å². The Hall–Kier alpha value is -1.56. The molecule has 2 atom stereocenters. The van der Waals surface area contributed by atoms with Gasteiger partial charge in [-0.15, -0.1) is 0 Å². The zero-order chi connectivity index (χ0) is 19.7. The van der Waals surface area contributed by atoms with Gasteiger partial charge in [-0.1, -0.05) is 45.7 Å². The third-order valence-corrected chi connectivity index (χ3v) is 5.15. The van der Waals surface area contributed by atoms with Crippen molar-refractivity contribution in [2.75, 3.05) is 6.26 Å². The van der Waals surface area contributed by atoms with E-state index in [1.54, 1.807) is 18.2 Å². The van der Waals surface area contributed by atoms with Crippen molar-refractivity contribution in [2.24, 2.45) is 5.92 Å². The van der Waals surface area contributed by atoms with E-state index in [0.29, 0.717) is 6.54 Å². The lowest BCUT2D eigenvalue weighted by Crippen LogP contribution is -2.41. The molecule has 1 aromatic rings. The third kappa shape index (κ3) is 7.36. The van der Waals surface area contributed by atoms with Gasteiger partial charge in [0.2, 0.25) is 5.91 Å². The average Bonchev–Trinajstić information content (AvgIpc) is 2.58. The van der Waals surface area contributed by atoms with Crippen LogP contribution in [0.5, 0.6) is 5.75 Å². The summed E-state index contributed by atoms with van der Waals surface area (Å²) in [5.74, 6) is 0.503. The third-order valence-electron chi connectivity index (χ3n) is 4.65. The van der Waals surface area contributed by atoms with Gasteiger partial charge in [-0.2, -0.15) is 8.42 Å². The van der Waals surface area contributed by atoms with Crippen LogP contribution < -0.4 is 4.18 Å². The molecule has 0 bridgehead atoms. The van der Waals surface area contributed by atoms with Gasteiger partial charge in [-0.05, 0) is 43.9 Å². The van der Waals surface area contributed by atoms with Crippen LogP contribution in [0.3, 0.4) is 0 Å². The van der Waals surface area contributed by atoms with E-state index in [4.69, 9.17) is 4.18 Å². The molecule has 1 amide bonds. The van der Waals surface area contributed by atoms with E-state index in [-0.39, 0.29) is 23.6 Å². The Kier molecular flexibility index (Phi) is 9.13. The minimum atomic E-state index is -3.57. The minimum absolute atomic E-state index is 0.0411. The fraction of sp³-hybridized carbons (Fsp3) is 0.650. The van der Waals surface area contributed by atoms with Crippen LogP contribution in [0.15, 0.2) is 24.3 Å². The molecule has 148 valence electrons. The van der Waals surface area contributed by atoms with Gasteiger partial charge in [0, 0.05) is 18.5 Å². The highest BCUT2D eigenvalue weighted by atomic mass is 32.2. The molecule has 0 saturated carbocycles. The van der Waals surface area contributed by atoms with Crippen LogP contribution in [0.25, 0.3) is 0 Å². The molecule has 0 aliphatic carbocycles. The minimum Gasteiger partial charge on any atom is -0.383 e. The van der Waals surface area contributed by atoms with Gasteiger partial charge in [0.05, 0.1) is 6.26 Å². The monoisotopic (exact) mass is 383 g/mol. The molecule has 0 N–H and O–H groups in total. The summed E-state index contributed by atoms with van der Waals surface area (Å²) in [6.45, 7) is 8.78. The lowest BCUT2D eigenvalue weighted by atomic mass is 9.96. The van der Waals surface area contributed by atoms with Crippen LogP contribution in [0.1, 0.15) is 65.4 Å². The Bertz CT molecular complexity index is 672. The van der Waals surface area contributed by atoms with Crippen molar-refractivity contribution < 1.29 is 17.4 Å². The zero-order valence-corrected chi connectivity index (χ0v) is 17.5. The summed E-state index contributed by atoms with van der Waals surface area (Å²) in [6, 6.07) is 7.07. The summed E-state index contributed by atoms with van der Waals surface area (Å²) in [6.07, 6.45) is 5.77. The van der Waals surface area contributed by atoms with E-state index in [1.165, 1.54) is 0 Å². The number of carbonyl (C=O) groups excluding carboxylic acids is 1. The molecule has 0 fully saturated rings. The molecule has 0 saturated heterocycles. The van der Waals surface area contributed by atoms with Crippen molar-refractivity contribution in [3.05, 3.63) is 29.8 Å². The fourth-order valence-corrected chi connectivity index (χ4v) is 3.38. The van der Waals surface area contributed by atoms with Gasteiger partial charge < -0.3 is 9.08 Å². The van der Waals surface area contributed by atoms with Crippen LogP contribution in [0, 0.1) is 5.92 Å². The number of hydrogen-bond acceptors (Lipinski definition) is 4. The van der Waals surface area contributed by atoms with E-state index in [9.17, 15) is 13.2 Å². The first-order valence-corrected chi connectivity index (χ1v) is 11.3. The molecule has 0 aliphatic rings. The highest BCUT2D eigenvalue weighted by Gasteiger charge is 2.26. The van der Waals surface area contributed by atoms with Crippen molar-refractivity contribution in [3.63, 3.8) is 0 Å². The Morgan fingerprint density at radius 2 is 1.88 bits per heavy atom. The quantitative estimate of drug-likeness (QED) is 0.532. The Balaban J connectivity index is 3.00. The second kappa shape index (κ2) is 10.6. The maximum Gasteiger partial charge on any atom is 0.306 e. The van der Waals surface area contributed by atoms with Crippen molar-refractivity contribution in [1.29, 1.82) is 0 Å². The summed E-state index contributed by atoms with van der Waals surface area (Å²) >= 11 is 0. The number of unbranched alkanes of at least 4 members (excludes halogenated alkanes) is 1. The second-order valence-electron chi connectivity index (χ2n) is 6.91. The van der Waals surface area contributed by atoms with Crippen molar-refractivity contribution >= 4 is 16.0 Å². The summed E-state index contributed by atoms with van der Waals surface area (Å²) < 4.78 is 27.6. The lowest BCUT2D eigenvalue weighted by molar-refractivity contribution is -0.138. The number of benzene rings is 1. The van der Waals surface area contributed by atoms with Gasteiger partial charge in [-0.3, -0.25) is 4.79 Å². The summed E-state index contributed by atoms with van der Waals surface area (Å²) in [5.41, 5.74) is 0.866. The predicted octanol–water partition coefficient (Wildman–Crippen LogP) is 4.37. The normalized spacial score (nSPS) is 13.9. The first-order valence-electron chi connectivity index (χ1n) is 9.50. The molecule has 1 aromatic carbocycles. The van der Waals surface area contributed by atoms with Crippen LogP contribution in [-0.2, 0) is 21.5 Å². The molecule has 0 aliphatic heterocycles. The summed E-state index contributed by atoms with van der Waals surface area (Å²) in [7, 11) is -3.57. The Labute approximate surface area is 158 Å². The molecule has 0 spiro atoms. The van der Waals surface area contributed by atoms with Gasteiger partial charge >= 0.3 is 10.1 Å². The number of carbonyl (C=O) groups is 1. The lowest BCUT2D eigenvalue weighted by Gasteiger charge is -2.32. The van der Waals surface area contributed by atoms with Gasteiger partial charge in [0.15, 0.2) is 0 Å². The molecule has 0 aromatic heterocycles. The molecule has 26 heavy (non-hydrogen) atoms. The smallest absolute Gasteiger partial charge is 0.306 e. The van der Waals surface area contributed by atoms with Crippen molar-refractivity contribution in [1.82, 2.24) is 4.90 Å². The van der Waals surface area contributed by atoms with Gasteiger partial charge in [-0.25, -0.2) is 0 Å². The standard InChI is InChI=1S/C20H33NO4S/c1-6-9-12-18(8-3)20(22)21(16(4)7-2)15-17-11-10-13-19(14-17)25-26(5,23)24/h10-11,13-14,16,18H,6-9,12,15H2,1-5H3/t16-,18-/m0/s1. The second-order valence-corrected chi connectivity index (χ2v) is 8.48. The van der Waals surface area contributed by atoms with E-state index < -0.39 is 10.1 Å². The van der Waals surface area contributed by atoms with Crippen LogP contribution in [0.2, 0.25) is 0 Å². The van der Waals surface area contributed by atoms with Crippen LogP contribution >= 0.6 is 0 Å². The molecular weight excluding hydrogens is 350 g/mol. The molecule has 6 heteroatoms. The predicted molar refractivity (Wildman–Crippen MR) is 106 cm³/mol. The molecule has 0 radical (unpaired) electrons. The maximum absolute atomic E-state index is 13.1. The molecule has 1 rings (SSSR count). The molecule has 0 heterocycles. The number of rotatable bonds is 11. The van der Waals surface area contributed by atoms with E-state index in [1.807, 2.05) is 11.0 Å². The topological polar surface area (TPSA) is 63.7 Å². The highest BCUT2D eigenvalue weighted by Crippen LogP contribution is 2.22. The number of hydrogen-bond donors (Lipinski definition) is 0. The van der Waals surface area contributed by atoms with Gasteiger partial charge in [0.1, 0.15) is 5.75 Å². The first-order chi connectivity index (χ1) is 12.2. The largest absolute Gasteiger partial charge is 0.383 e. The van der Waals surface area contributed by atoms with Crippen LogP contribution in [-0.4, -0.2) is 31.5 Å². The number of amides is 1. The van der Waals surface area contributed by atoms with Crippen molar-refractivity contribution in [2.45, 2.75) is 72.4 Å². The fourth-order valence-electron chi connectivity index (χ4n) is 2.93. The Morgan fingerprint density at radius 1 is 1.19 bits per heavy atom. The zero-order valence-electron chi connectivity index (χ0n) is 16.7. The summed E-state index contributed by atoms with van der Waals surface area (Å²) in [5, 5.41) is 0. The first kappa shape index (κ1) is 22.5. The SMILES string of the molecule is CCCC[C@H](CC)C(=O)N(Cc1cccc(OS(C)(=O)=O)c1)[C@@H](C)CC. The maximum atomic E-state index is 13.1. The molecule has 5 nitrogen and oxygen atoms in total. The van der Waals surface area contributed by atoms with E-state index in [0.717, 1.165) is 43.9 Å². The highest BCUT2D eigenvalue weighted by molar-refractivity contribution is 7.86. The molecular formula is C20H33NO4S.